The number of nitrogens with zero attached hydrogens (tertiary/aromatic N) is 4. The van der Waals surface area contributed by atoms with Crippen LogP contribution in [-0.4, -0.2) is 19.3 Å². The first kappa shape index (κ1) is 12.3. The molecule has 0 aliphatic rings. The third kappa shape index (κ3) is 2.58. The molecular weight excluding hydrogens is 230 g/mol. The molecule has 0 fully saturated rings. The van der Waals surface area contributed by atoms with Crippen molar-refractivity contribution in [2.24, 2.45) is 0 Å². The molecule has 2 aromatic heterocycles. The van der Waals surface area contributed by atoms with Crippen LogP contribution >= 0.6 is 0 Å². The molecule has 2 rings (SSSR count). The minimum absolute atomic E-state index is 0.108. The summed E-state index contributed by atoms with van der Waals surface area (Å²) in [7, 11) is 0. The predicted octanol–water partition coefficient (Wildman–Crippen LogP) is 1.61. The Kier molecular flexibility index (Phi) is 3.76. The summed E-state index contributed by atoms with van der Waals surface area (Å²) in [5.41, 5.74) is 0.666. The highest BCUT2D eigenvalue weighted by Gasteiger charge is 2.05. The lowest BCUT2D eigenvalue weighted by Gasteiger charge is -2.06. The Balaban J connectivity index is 2.23. The van der Waals surface area contributed by atoms with E-state index in [1.54, 1.807) is 27.8 Å². The van der Waals surface area contributed by atoms with Crippen LogP contribution in [-0.2, 0) is 13.1 Å². The molecule has 1 N–H and O–H groups in total. The summed E-state index contributed by atoms with van der Waals surface area (Å²) in [5, 5.41) is 7.13. The topological polar surface area (TPSA) is 64.7 Å². The van der Waals surface area contributed by atoms with Crippen LogP contribution in [0.15, 0.2) is 29.6 Å². The van der Waals surface area contributed by atoms with Crippen LogP contribution in [0.2, 0.25) is 0 Å². The van der Waals surface area contributed by atoms with E-state index in [9.17, 15) is 4.79 Å². The zero-order valence-electron chi connectivity index (χ0n) is 10.6. The van der Waals surface area contributed by atoms with Crippen molar-refractivity contribution < 1.29 is 0 Å². The highest BCUT2D eigenvalue weighted by Crippen LogP contribution is 2.09. The van der Waals surface area contributed by atoms with Crippen LogP contribution in [0.25, 0.3) is 0 Å². The van der Waals surface area contributed by atoms with Gasteiger partial charge in [-0.15, -0.1) is 0 Å². The molecule has 0 atom stereocenters. The molecule has 0 aliphatic heterocycles. The average molecular weight is 247 g/mol. The van der Waals surface area contributed by atoms with Crippen molar-refractivity contribution in [3.63, 3.8) is 0 Å². The molecule has 96 valence electrons. The summed E-state index contributed by atoms with van der Waals surface area (Å²) in [6.07, 6.45) is 7.77. The molecule has 6 heteroatoms. The van der Waals surface area contributed by atoms with Crippen LogP contribution in [0.5, 0.6) is 0 Å². The van der Waals surface area contributed by atoms with Crippen LogP contribution in [0, 0.1) is 0 Å². The minimum atomic E-state index is -0.108. The Hall–Kier alpha value is -2.11. The van der Waals surface area contributed by atoms with Gasteiger partial charge in [-0.3, -0.25) is 9.48 Å². The van der Waals surface area contributed by atoms with E-state index in [1.165, 1.54) is 0 Å². The number of aryl methyl sites for hydroxylation is 2. The van der Waals surface area contributed by atoms with E-state index in [2.05, 4.69) is 15.4 Å². The first-order valence-electron chi connectivity index (χ1n) is 6.09. The third-order valence-electron chi connectivity index (χ3n) is 2.60. The van der Waals surface area contributed by atoms with Crippen LogP contribution in [0.3, 0.4) is 0 Å². The van der Waals surface area contributed by atoms with Gasteiger partial charge in [0.15, 0.2) is 5.82 Å². The van der Waals surface area contributed by atoms with E-state index in [-0.39, 0.29) is 5.56 Å². The second-order valence-corrected chi connectivity index (χ2v) is 3.98. The van der Waals surface area contributed by atoms with E-state index >= 15 is 0 Å². The van der Waals surface area contributed by atoms with Gasteiger partial charge in [-0.05, 0) is 13.3 Å². The fourth-order valence-corrected chi connectivity index (χ4v) is 1.69. The summed E-state index contributed by atoms with van der Waals surface area (Å²) >= 11 is 0. The monoisotopic (exact) mass is 247 g/mol. The summed E-state index contributed by atoms with van der Waals surface area (Å²) in [6, 6.07) is 0. The van der Waals surface area contributed by atoms with Gasteiger partial charge in [0.1, 0.15) is 0 Å². The molecular formula is C12H17N5O. The molecule has 0 spiro atoms. The maximum Gasteiger partial charge on any atom is 0.293 e. The van der Waals surface area contributed by atoms with Gasteiger partial charge < -0.3 is 9.88 Å². The molecule has 6 nitrogen and oxygen atoms in total. The van der Waals surface area contributed by atoms with Crippen LogP contribution < -0.4 is 10.9 Å². The first-order valence-corrected chi connectivity index (χ1v) is 6.09. The highest BCUT2D eigenvalue weighted by atomic mass is 16.1. The summed E-state index contributed by atoms with van der Waals surface area (Å²) in [6.45, 7) is 5.53. The van der Waals surface area contributed by atoms with Gasteiger partial charge >= 0.3 is 0 Å². The fourth-order valence-electron chi connectivity index (χ4n) is 1.69. The van der Waals surface area contributed by atoms with Crippen molar-refractivity contribution in [2.45, 2.75) is 33.4 Å². The van der Waals surface area contributed by atoms with E-state index in [1.807, 2.05) is 20.0 Å². The van der Waals surface area contributed by atoms with Crippen molar-refractivity contribution in [3.8, 4) is 0 Å². The van der Waals surface area contributed by atoms with Gasteiger partial charge in [0.05, 0.1) is 11.9 Å². The number of hydrogen-bond donors (Lipinski definition) is 1. The SMILES string of the molecule is CCCn1ccnc(Nc2cnn(CC)c2)c1=O. The summed E-state index contributed by atoms with van der Waals surface area (Å²) in [4.78, 5) is 16.1. The van der Waals surface area contributed by atoms with E-state index < -0.39 is 0 Å². The lowest BCUT2D eigenvalue weighted by atomic mass is 10.4. The third-order valence-corrected chi connectivity index (χ3v) is 2.60. The Morgan fingerprint density at radius 3 is 2.89 bits per heavy atom. The molecule has 0 aromatic carbocycles. The van der Waals surface area contributed by atoms with Crippen LogP contribution in [0.4, 0.5) is 11.5 Å². The smallest absolute Gasteiger partial charge is 0.293 e. The Morgan fingerprint density at radius 1 is 1.39 bits per heavy atom. The van der Waals surface area contributed by atoms with E-state index in [0.717, 1.165) is 18.7 Å². The van der Waals surface area contributed by atoms with Crippen molar-refractivity contribution in [3.05, 3.63) is 35.1 Å². The first-order chi connectivity index (χ1) is 8.74. The minimum Gasteiger partial charge on any atom is -0.333 e. The van der Waals surface area contributed by atoms with Crippen molar-refractivity contribution in [2.75, 3.05) is 5.32 Å². The van der Waals surface area contributed by atoms with Gasteiger partial charge in [-0.1, -0.05) is 6.92 Å². The fraction of sp³-hybridized carbons (Fsp3) is 0.417. The normalized spacial score (nSPS) is 10.6. The lowest BCUT2D eigenvalue weighted by molar-refractivity contribution is 0.650. The standard InChI is InChI=1S/C12H17N5O/c1-3-6-16-7-5-13-11(12(16)18)15-10-8-14-17(4-2)9-10/h5,7-9H,3-4,6H2,1-2H3,(H,13,15). The molecule has 0 saturated carbocycles. The maximum atomic E-state index is 12.1. The Labute approximate surface area is 105 Å². The molecule has 0 aliphatic carbocycles. The number of rotatable bonds is 5. The van der Waals surface area contributed by atoms with Gasteiger partial charge in [0.2, 0.25) is 0 Å². The number of aromatic nitrogens is 4. The van der Waals surface area contributed by atoms with Gasteiger partial charge in [0.25, 0.3) is 5.56 Å². The maximum absolute atomic E-state index is 12.1. The molecule has 2 heterocycles. The zero-order chi connectivity index (χ0) is 13.0. The van der Waals surface area contributed by atoms with Gasteiger partial charge in [-0.2, -0.15) is 5.10 Å². The quantitative estimate of drug-likeness (QED) is 0.871. The molecule has 0 amide bonds. The molecule has 0 saturated heterocycles. The molecule has 18 heavy (non-hydrogen) atoms. The van der Waals surface area contributed by atoms with E-state index in [4.69, 9.17) is 0 Å². The van der Waals surface area contributed by atoms with Crippen molar-refractivity contribution >= 4 is 11.5 Å². The second-order valence-electron chi connectivity index (χ2n) is 3.98. The lowest BCUT2D eigenvalue weighted by Crippen LogP contribution is -2.22. The Bertz CT molecular complexity index is 572. The summed E-state index contributed by atoms with van der Waals surface area (Å²) in [5.74, 6) is 0.335. The van der Waals surface area contributed by atoms with Crippen molar-refractivity contribution in [1.82, 2.24) is 19.3 Å². The van der Waals surface area contributed by atoms with E-state index in [0.29, 0.717) is 12.4 Å². The Morgan fingerprint density at radius 2 is 2.22 bits per heavy atom. The number of nitrogens with one attached hydrogen (secondary N) is 1. The number of anilines is 2. The molecule has 0 bridgehead atoms. The average Bonchev–Trinajstić information content (AvgIpc) is 2.82. The number of hydrogen-bond acceptors (Lipinski definition) is 4. The van der Waals surface area contributed by atoms with Gasteiger partial charge in [0, 0.05) is 31.7 Å². The zero-order valence-corrected chi connectivity index (χ0v) is 10.6. The predicted molar refractivity (Wildman–Crippen MR) is 70.0 cm³/mol. The highest BCUT2D eigenvalue weighted by molar-refractivity contribution is 5.52. The molecule has 2 aromatic rings. The largest absolute Gasteiger partial charge is 0.333 e. The second kappa shape index (κ2) is 5.48. The van der Waals surface area contributed by atoms with Crippen LogP contribution in [0.1, 0.15) is 20.3 Å². The van der Waals surface area contributed by atoms with Gasteiger partial charge in [-0.25, -0.2) is 4.98 Å². The summed E-state index contributed by atoms with van der Waals surface area (Å²) < 4.78 is 3.44. The van der Waals surface area contributed by atoms with Crippen molar-refractivity contribution in [1.29, 1.82) is 0 Å². The molecule has 0 radical (unpaired) electrons. The molecule has 0 unspecified atom stereocenters.